The van der Waals surface area contributed by atoms with Gasteiger partial charge in [-0.3, -0.25) is 19.9 Å². The SMILES string of the molecule is Nc1nnc(-c2ccccc2O)cc1-c1cc(C2CCN(C3CCC(c4cccc5c4OCCN5C4CCC(=O)NC4=O)CC3)CC2)ccn1. The molecule has 258 valence electrons. The normalized spacial score (nSPS) is 23.2. The van der Waals surface area contributed by atoms with Gasteiger partial charge in [0.1, 0.15) is 24.1 Å². The molecule has 4 aliphatic rings. The number of rotatable bonds is 6. The number of phenols is 1. The number of aromatic hydroxyl groups is 1. The predicted octanol–water partition coefficient (Wildman–Crippen LogP) is 5.40. The van der Waals surface area contributed by atoms with Crippen molar-refractivity contribution < 1.29 is 19.4 Å². The van der Waals surface area contributed by atoms with Gasteiger partial charge in [0.25, 0.3) is 0 Å². The predicted molar refractivity (Wildman–Crippen MR) is 191 cm³/mol. The third-order valence-corrected chi connectivity index (χ3v) is 11.2. The van der Waals surface area contributed by atoms with Crippen molar-refractivity contribution >= 4 is 23.3 Å². The lowest BCUT2D eigenvalue weighted by Gasteiger charge is -2.42. The Hall–Kier alpha value is -5.03. The first-order valence-corrected chi connectivity index (χ1v) is 17.9. The Kier molecular flexibility index (Phi) is 8.82. The zero-order chi connectivity index (χ0) is 34.2. The number of carbonyl (C=O) groups is 2. The second-order valence-electron chi connectivity index (χ2n) is 14.0. The number of hydrogen-bond donors (Lipinski definition) is 3. The lowest BCUT2D eigenvalue weighted by Crippen LogP contribution is -2.54. The monoisotopic (exact) mass is 673 g/mol. The van der Waals surface area contributed by atoms with Crippen LogP contribution in [0.4, 0.5) is 11.5 Å². The molecule has 8 rings (SSSR count). The Morgan fingerprint density at radius 3 is 2.44 bits per heavy atom. The number of carbonyl (C=O) groups excluding carboxylic acids is 2. The maximum atomic E-state index is 12.7. The molecule has 1 unspecified atom stereocenters. The van der Waals surface area contributed by atoms with Gasteiger partial charge < -0.3 is 25.4 Å². The fraction of sp³-hybridized carbons (Fsp3) is 0.410. The highest BCUT2D eigenvalue weighted by molar-refractivity contribution is 6.02. The van der Waals surface area contributed by atoms with Gasteiger partial charge in [-0.15, -0.1) is 10.2 Å². The smallest absolute Gasteiger partial charge is 0.249 e. The van der Waals surface area contributed by atoms with Gasteiger partial charge in [-0.05, 0) is 117 Å². The summed E-state index contributed by atoms with van der Waals surface area (Å²) in [5, 5.41) is 21.3. The zero-order valence-electron chi connectivity index (χ0n) is 28.1. The number of ether oxygens (including phenoxy) is 1. The molecule has 0 bridgehead atoms. The number of piperidine rings is 2. The lowest BCUT2D eigenvalue weighted by atomic mass is 9.79. The Bertz CT molecular complexity index is 1900. The van der Waals surface area contributed by atoms with Gasteiger partial charge in [0.05, 0.1) is 23.6 Å². The molecule has 4 N–H and O–H groups in total. The average molecular weight is 674 g/mol. The van der Waals surface area contributed by atoms with Crippen molar-refractivity contribution in [2.75, 3.05) is 36.9 Å². The molecule has 3 fully saturated rings. The molecule has 2 amide bonds. The molecular weight excluding hydrogens is 630 g/mol. The van der Waals surface area contributed by atoms with Crippen LogP contribution in [0, 0.1) is 0 Å². The summed E-state index contributed by atoms with van der Waals surface area (Å²) < 4.78 is 6.28. The van der Waals surface area contributed by atoms with Gasteiger partial charge in [-0.2, -0.15) is 0 Å². The number of para-hydroxylation sites is 2. The molecule has 4 aromatic rings. The molecule has 11 heteroatoms. The van der Waals surface area contributed by atoms with E-state index in [-0.39, 0.29) is 23.6 Å². The first-order chi connectivity index (χ1) is 24.4. The number of amides is 2. The van der Waals surface area contributed by atoms with Crippen LogP contribution in [0.2, 0.25) is 0 Å². The topological polar surface area (TPSA) is 147 Å². The highest BCUT2D eigenvalue weighted by Gasteiger charge is 2.37. The summed E-state index contributed by atoms with van der Waals surface area (Å²) in [7, 11) is 0. The summed E-state index contributed by atoms with van der Waals surface area (Å²) in [6.45, 7) is 3.32. The standard InChI is InChI=1S/C39H43N7O4/c40-38-30(23-32(43-44-38)29-4-1-2-7-35(29)47)31-22-26(14-17-41-31)24-15-18-45(19-16-24)27-10-8-25(9-11-27)28-5-3-6-33-37(28)50-21-20-46(33)34-12-13-36(48)42-39(34)49/h1-7,14,17,22-25,27,34,47H,8-13,15-16,18-21H2,(H2,40,44)(H,42,48,49). The van der Waals surface area contributed by atoms with Crippen LogP contribution >= 0.6 is 0 Å². The van der Waals surface area contributed by atoms with Gasteiger partial charge in [0.2, 0.25) is 11.8 Å². The number of phenolic OH excluding ortho intramolecular Hbond substituents is 1. The van der Waals surface area contributed by atoms with Crippen molar-refractivity contribution in [3.63, 3.8) is 0 Å². The second-order valence-corrected chi connectivity index (χ2v) is 14.0. The van der Waals surface area contributed by atoms with Crippen LogP contribution in [0.5, 0.6) is 11.5 Å². The Labute approximate surface area is 291 Å². The number of nitrogens with zero attached hydrogens (tertiary/aromatic N) is 5. The number of likely N-dealkylation sites (tertiary alicyclic amines) is 1. The summed E-state index contributed by atoms with van der Waals surface area (Å²) in [6, 6.07) is 19.8. The fourth-order valence-corrected chi connectivity index (χ4v) is 8.54. The second kappa shape index (κ2) is 13.7. The molecule has 5 heterocycles. The number of nitrogens with one attached hydrogen (secondary N) is 1. The summed E-state index contributed by atoms with van der Waals surface area (Å²) in [4.78, 5) is 33.9. The van der Waals surface area contributed by atoms with Crippen molar-refractivity contribution in [1.82, 2.24) is 25.4 Å². The maximum absolute atomic E-state index is 12.7. The summed E-state index contributed by atoms with van der Waals surface area (Å²) in [6.07, 6.45) is 9.48. The van der Waals surface area contributed by atoms with E-state index >= 15 is 0 Å². The van der Waals surface area contributed by atoms with E-state index in [4.69, 9.17) is 10.5 Å². The largest absolute Gasteiger partial charge is 0.507 e. The Morgan fingerprint density at radius 2 is 1.64 bits per heavy atom. The van der Waals surface area contributed by atoms with Crippen molar-refractivity contribution in [2.45, 2.75) is 75.3 Å². The van der Waals surface area contributed by atoms with Crippen LogP contribution in [0.25, 0.3) is 22.5 Å². The van der Waals surface area contributed by atoms with Gasteiger partial charge in [0.15, 0.2) is 5.82 Å². The van der Waals surface area contributed by atoms with E-state index in [1.54, 1.807) is 12.1 Å². The summed E-state index contributed by atoms with van der Waals surface area (Å²) in [5.41, 5.74) is 12.4. The molecule has 1 saturated carbocycles. The number of imide groups is 1. The first kappa shape index (κ1) is 32.2. The number of benzene rings is 2. The molecule has 2 aromatic heterocycles. The van der Waals surface area contributed by atoms with E-state index in [9.17, 15) is 14.7 Å². The van der Waals surface area contributed by atoms with Crippen LogP contribution in [0.1, 0.15) is 74.3 Å². The van der Waals surface area contributed by atoms with Crippen LogP contribution in [0.3, 0.4) is 0 Å². The molecular formula is C39H43N7O4. The molecule has 0 spiro atoms. The van der Waals surface area contributed by atoms with Crippen molar-refractivity contribution in [3.05, 3.63) is 78.0 Å². The van der Waals surface area contributed by atoms with Crippen LogP contribution < -0.4 is 20.7 Å². The van der Waals surface area contributed by atoms with Crippen molar-refractivity contribution in [3.8, 4) is 34.0 Å². The minimum absolute atomic E-state index is 0.144. The van der Waals surface area contributed by atoms with E-state index in [1.165, 1.54) is 11.1 Å². The zero-order valence-corrected chi connectivity index (χ0v) is 28.1. The molecule has 1 aliphatic carbocycles. The van der Waals surface area contributed by atoms with Crippen LogP contribution in [-0.2, 0) is 9.59 Å². The van der Waals surface area contributed by atoms with E-state index < -0.39 is 0 Å². The number of aromatic nitrogens is 3. The van der Waals surface area contributed by atoms with E-state index in [1.807, 2.05) is 24.4 Å². The first-order valence-electron chi connectivity index (χ1n) is 17.9. The number of nitrogens with two attached hydrogens (primary N) is 1. The van der Waals surface area contributed by atoms with Crippen LogP contribution in [-0.4, -0.2) is 75.3 Å². The minimum Gasteiger partial charge on any atom is -0.507 e. The molecule has 2 aromatic carbocycles. The lowest BCUT2D eigenvalue weighted by molar-refractivity contribution is -0.134. The minimum atomic E-state index is -0.336. The molecule has 11 nitrogen and oxygen atoms in total. The van der Waals surface area contributed by atoms with E-state index in [2.05, 4.69) is 60.6 Å². The number of pyridine rings is 1. The molecule has 3 aliphatic heterocycles. The molecule has 0 radical (unpaired) electrons. The highest BCUT2D eigenvalue weighted by atomic mass is 16.5. The number of fused-ring (bicyclic) bond motifs is 1. The van der Waals surface area contributed by atoms with Crippen molar-refractivity contribution in [2.24, 2.45) is 0 Å². The Balaban J connectivity index is 0.897. The van der Waals surface area contributed by atoms with Gasteiger partial charge >= 0.3 is 0 Å². The fourth-order valence-electron chi connectivity index (χ4n) is 8.54. The van der Waals surface area contributed by atoms with Crippen molar-refractivity contribution in [1.29, 1.82) is 0 Å². The van der Waals surface area contributed by atoms with Gasteiger partial charge in [-0.1, -0.05) is 24.3 Å². The van der Waals surface area contributed by atoms with E-state index in [0.717, 1.165) is 68.7 Å². The number of nitrogen functional groups attached to an aromatic ring is 1. The van der Waals surface area contributed by atoms with E-state index in [0.29, 0.717) is 66.5 Å². The molecule has 1 atom stereocenters. The van der Waals surface area contributed by atoms with Gasteiger partial charge in [0, 0.05) is 29.8 Å². The molecule has 50 heavy (non-hydrogen) atoms. The summed E-state index contributed by atoms with van der Waals surface area (Å²) in [5.74, 6) is 1.85. The van der Waals surface area contributed by atoms with Crippen LogP contribution in [0.15, 0.2) is 66.9 Å². The summed E-state index contributed by atoms with van der Waals surface area (Å²) >= 11 is 0. The molecule has 2 saturated heterocycles. The Morgan fingerprint density at radius 1 is 0.820 bits per heavy atom. The highest BCUT2D eigenvalue weighted by Crippen LogP contribution is 2.45. The third-order valence-electron chi connectivity index (χ3n) is 11.2. The average Bonchev–Trinajstić information content (AvgIpc) is 3.15. The number of anilines is 2. The number of hydrogen-bond acceptors (Lipinski definition) is 10. The maximum Gasteiger partial charge on any atom is 0.249 e. The quantitative estimate of drug-likeness (QED) is 0.227. The third kappa shape index (κ3) is 6.26. The van der Waals surface area contributed by atoms with Gasteiger partial charge in [-0.25, -0.2) is 0 Å².